The minimum absolute atomic E-state index is 0.501. The summed E-state index contributed by atoms with van der Waals surface area (Å²) >= 11 is 5.93. The highest BCUT2D eigenvalue weighted by molar-refractivity contribution is 6.30. The number of nitrogens with one attached hydrogen (secondary N) is 1. The largest absolute Gasteiger partial charge is 0.305 e. The van der Waals surface area contributed by atoms with Crippen molar-refractivity contribution in [2.24, 2.45) is 0 Å². The van der Waals surface area contributed by atoms with Crippen LogP contribution in [0, 0.1) is 0 Å². The smallest absolute Gasteiger partial charge is 0.0572 e. The maximum Gasteiger partial charge on any atom is 0.0572 e. The maximum atomic E-state index is 5.93. The van der Waals surface area contributed by atoms with Crippen LogP contribution in [0.3, 0.4) is 0 Å². The first-order valence-corrected chi connectivity index (χ1v) is 5.07. The van der Waals surface area contributed by atoms with E-state index in [4.69, 9.17) is 16.4 Å². The van der Waals surface area contributed by atoms with Gasteiger partial charge in [0.15, 0.2) is 0 Å². The lowest BCUT2D eigenvalue weighted by Crippen LogP contribution is -2.12. The van der Waals surface area contributed by atoms with Gasteiger partial charge in [-0.3, -0.25) is 0 Å². The second kappa shape index (κ2) is 5.35. The van der Waals surface area contributed by atoms with E-state index in [1.54, 1.807) is 7.11 Å². The quantitative estimate of drug-likeness (QED) is 0.777. The van der Waals surface area contributed by atoms with E-state index in [1.807, 2.05) is 12.1 Å². The summed E-state index contributed by atoms with van der Waals surface area (Å²) in [4.78, 5) is 4.83. The molecule has 0 heterocycles. The van der Waals surface area contributed by atoms with E-state index in [2.05, 4.69) is 25.4 Å². The molecule has 0 unspecified atom stereocenters. The fourth-order valence-corrected chi connectivity index (χ4v) is 1.64. The lowest BCUT2D eigenvalue weighted by atomic mass is 9.97. The third-order valence-corrected chi connectivity index (χ3v) is 2.37. The second-order valence-corrected chi connectivity index (χ2v) is 3.96. The first-order chi connectivity index (χ1) is 6.65. The molecule has 0 atom stereocenters. The highest BCUT2D eigenvalue weighted by atomic mass is 35.5. The summed E-state index contributed by atoms with van der Waals surface area (Å²) in [6.07, 6.45) is 0. The van der Waals surface area contributed by atoms with Gasteiger partial charge in [-0.25, -0.2) is 0 Å². The van der Waals surface area contributed by atoms with E-state index in [9.17, 15) is 0 Å². The van der Waals surface area contributed by atoms with Crippen LogP contribution in [0.25, 0.3) is 0 Å². The molecule has 0 aromatic heterocycles. The van der Waals surface area contributed by atoms with Gasteiger partial charge in [-0.1, -0.05) is 31.5 Å². The topological polar surface area (TPSA) is 21.3 Å². The standard InChI is InChI=1S/C11H16ClNO/c1-8(2)11-5-4-10(12)6-9(11)7-13-14-3/h4-6,8,13H,7H2,1-3H3. The lowest BCUT2D eigenvalue weighted by Gasteiger charge is -2.13. The molecular formula is C11H16ClNO. The van der Waals surface area contributed by atoms with Gasteiger partial charge >= 0.3 is 0 Å². The summed E-state index contributed by atoms with van der Waals surface area (Å²) in [5, 5.41) is 0.766. The van der Waals surface area contributed by atoms with Crippen molar-refractivity contribution in [3.63, 3.8) is 0 Å². The van der Waals surface area contributed by atoms with Crippen LogP contribution < -0.4 is 5.48 Å². The zero-order chi connectivity index (χ0) is 10.6. The van der Waals surface area contributed by atoms with Crippen LogP contribution in [-0.4, -0.2) is 7.11 Å². The molecule has 0 amide bonds. The van der Waals surface area contributed by atoms with Crippen molar-refractivity contribution in [1.82, 2.24) is 5.48 Å². The van der Waals surface area contributed by atoms with Crippen LogP contribution >= 0.6 is 11.6 Å². The Labute approximate surface area is 90.2 Å². The summed E-state index contributed by atoms with van der Waals surface area (Å²) in [6, 6.07) is 5.97. The number of rotatable bonds is 4. The van der Waals surface area contributed by atoms with E-state index in [-0.39, 0.29) is 0 Å². The lowest BCUT2D eigenvalue weighted by molar-refractivity contribution is 0.0865. The molecular weight excluding hydrogens is 198 g/mol. The Balaban J connectivity index is 2.91. The average molecular weight is 214 g/mol. The van der Waals surface area contributed by atoms with Gasteiger partial charge in [0.1, 0.15) is 0 Å². The van der Waals surface area contributed by atoms with Crippen LogP contribution in [-0.2, 0) is 11.4 Å². The summed E-state index contributed by atoms with van der Waals surface area (Å²) in [5.41, 5.74) is 5.32. The zero-order valence-electron chi connectivity index (χ0n) is 8.80. The molecule has 0 aliphatic heterocycles. The third-order valence-electron chi connectivity index (χ3n) is 2.13. The van der Waals surface area contributed by atoms with Crippen molar-refractivity contribution < 1.29 is 4.84 Å². The highest BCUT2D eigenvalue weighted by Crippen LogP contribution is 2.22. The Bertz CT molecular complexity index is 299. The molecule has 0 radical (unpaired) electrons. The summed E-state index contributed by atoms with van der Waals surface area (Å²) in [6.45, 7) is 5.02. The minimum Gasteiger partial charge on any atom is -0.305 e. The molecule has 14 heavy (non-hydrogen) atoms. The molecule has 1 aromatic carbocycles. The van der Waals surface area contributed by atoms with Crippen LogP contribution in [0.1, 0.15) is 30.9 Å². The molecule has 78 valence electrons. The van der Waals surface area contributed by atoms with Gasteiger partial charge in [-0.2, -0.15) is 5.48 Å². The second-order valence-electron chi connectivity index (χ2n) is 3.52. The van der Waals surface area contributed by atoms with Crippen molar-refractivity contribution in [1.29, 1.82) is 0 Å². The van der Waals surface area contributed by atoms with Crippen molar-refractivity contribution in [2.45, 2.75) is 26.3 Å². The number of hydrogen-bond donors (Lipinski definition) is 1. The van der Waals surface area contributed by atoms with Gasteiger partial charge in [0, 0.05) is 11.6 Å². The van der Waals surface area contributed by atoms with Crippen LogP contribution in [0.2, 0.25) is 5.02 Å². The summed E-state index contributed by atoms with van der Waals surface area (Å²) in [5.74, 6) is 0.501. The molecule has 1 N–H and O–H groups in total. The minimum atomic E-state index is 0.501. The van der Waals surface area contributed by atoms with Crippen molar-refractivity contribution in [3.05, 3.63) is 34.3 Å². The molecule has 0 aliphatic rings. The van der Waals surface area contributed by atoms with Crippen LogP contribution in [0.15, 0.2) is 18.2 Å². The Morgan fingerprint density at radius 3 is 2.71 bits per heavy atom. The number of benzene rings is 1. The number of halogens is 1. The Hall–Kier alpha value is -0.570. The third kappa shape index (κ3) is 2.98. The van der Waals surface area contributed by atoms with Gasteiger partial charge in [0.25, 0.3) is 0 Å². The van der Waals surface area contributed by atoms with E-state index >= 15 is 0 Å². The Morgan fingerprint density at radius 2 is 2.14 bits per heavy atom. The summed E-state index contributed by atoms with van der Waals surface area (Å²) in [7, 11) is 1.61. The molecule has 0 saturated heterocycles. The predicted molar refractivity (Wildman–Crippen MR) is 59.4 cm³/mol. The van der Waals surface area contributed by atoms with Gasteiger partial charge < -0.3 is 4.84 Å². The normalized spacial score (nSPS) is 10.9. The van der Waals surface area contributed by atoms with Gasteiger partial charge in [-0.15, -0.1) is 0 Å². The van der Waals surface area contributed by atoms with Crippen LogP contribution in [0.5, 0.6) is 0 Å². The van der Waals surface area contributed by atoms with Crippen molar-refractivity contribution in [2.75, 3.05) is 7.11 Å². The van der Waals surface area contributed by atoms with E-state index < -0.39 is 0 Å². The fraction of sp³-hybridized carbons (Fsp3) is 0.455. The molecule has 0 bridgehead atoms. The highest BCUT2D eigenvalue weighted by Gasteiger charge is 2.06. The van der Waals surface area contributed by atoms with E-state index in [1.165, 1.54) is 11.1 Å². The monoisotopic (exact) mass is 213 g/mol. The zero-order valence-corrected chi connectivity index (χ0v) is 9.56. The Morgan fingerprint density at radius 1 is 1.43 bits per heavy atom. The summed E-state index contributed by atoms with van der Waals surface area (Å²) < 4.78 is 0. The average Bonchev–Trinajstić information content (AvgIpc) is 2.14. The molecule has 0 fully saturated rings. The molecule has 0 aliphatic carbocycles. The molecule has 1 rings (SSSR count). The molecule has 0 spiro atoms. The maximum absolute atomic E-state index is 5.93. The molecule has 3 heteroatoms. The fourth-order valence-electron chi connectivity index (χ4n) is 1.44. The first kappa shape index (κ1) is 11.5. The van der Waals surface area contributed by atoms with E-state index in [0.717, 1.165) is 5.02 Å². The van der Waals surface area contributed by atoms with Crippen LogP contribution in [0.4, 0.5) is 0 Å². The van der Waals surface area contributed by atoms with Gasteiger partial charge in [-0.05, 0) is 29.2 Å². The molecule has 0 saturated carbocycles. The number of hydrogen-bond acceptors (Lipinski definition) is 2. The number of hydroxylamine groups is 1. The van der Waals surface area contributed by atoms with Crippen molar-refractivity contribution >= 4 is 11.6 Å². The van der Waals surface area contributed by atoms with E-state index in [0.29, 0.717) is 12.5 Å². The SMILES string of the molecule is CONCc1cc(Cl)ccc1C(C)C. The van der Waals surface area contributed by atoms with Crippen molar-refractivity contribution in [3.8, 4) is 0 Å². The first-order valence-electron chi connectivity index (χ1n) is 4.69. The molecule has 1 aromatic rings. The predicted octanol–water partition coefficient (Wildman–Crippen LogP) is 3.11. The van der Waals surface area contributed by atoms with Gasteiger partial charge in [0.2, 0.25) is 0 Å². The molecule has 2 nitrogen and oxygen atoms in total. The van der Waals surface area contributed by atoms with Gasteiger partial charge in [0.05, 0.1) is 7.11 Å². The Kier molecular flexibility index (Phi) is 4.39.